The van der Waals surface area contributed by atoms with Crippen LogP contribution in [0.25, 0.3) is 11.5 Å². The van der Waals surface area contributed by atoms with Gasteiger partial charge in [-0.2, -0.15) is 0 Å². The Bertz CT molecular complexity index is 925. The van der Waals surface area contributed by atoms with Crippen molar-refractivity contribution in [2.24, 2.45) is 5.92 Å². The number of esters is 1. The van der Waals surface area contributed by atoms with Gasteiger partial charge >= 0.3 is 5.97 Å². The fraction of sp³-hybridized carbons (Fsp3) is 0.211. The van der Waals surface area contributed by atoms with Crippen LogP contribution in [0.15, 0.2) is 52.9 Å². The normalized spacial score (nSPS) is 18.5. The number of halogens is 2. The summed E-state index contributed by atoms with van der Waals surface area (Å²) in [6, 6.07) is 13.2. The van der Waals surface area contributed by atoms with Gasteiger partial charge in [0, 0.05) is 10.6 Å². The molecule has 1 heterocycles. The lowest BCUT2D eigenvalue weighted by atomic mass is 10.1. The second-order valence-electron chi connectivity index (χ2n) is 6.12. The van der Waals surface area contributed by atoms with E-state index >= 15 is 0 Å². The molecule has 5 nitrogen and oxygen atoms in total. The van der Waals surface area contributed by atoms with Gasteiger partial charge in [0.1, 0.15) is 5.82 Å². The standard InChI is InChI=1S/C19H14ClFN2O3/c20-13-5-1-12(2-6-13)18-23-22-17(26-18)10-25-19(24)16-9-15(16)11-3-7-14(21)8-4-11/h1-8,15-16H,9-10H2. The highest BCUT2D eigenvalue weighted by molar-refractivity contribution is 6.30. The van der Waals surface area contributed by atoms with Crippen LogP contribution in [0.1, 0.15) is 23.8 Å². The number of aromatic nitrogens is 2. The van der Waals surface area contributed by atoms with E-state index in [1.165, 1.54) is 12.1 Å². The monoisotopic (exact) mass is 372 g/mol. The topological polar surface area (TPSA) is 65.2 Å². The van der Waals surface area contributed by atoms with Crippen molar-refractivity contribution in [3.63, 3.8) is 0 Å². The van der Waals surface area contributed by atoms with E-state index in [0.717, 1.165) is 11.1 Å². The fourth-order valence-electron chi connectivity index (χ4n) is 2.79. The Kier molecular flexibility index (Phi) is 4.42. The first kappa shape index (κ1) is 16.7. The highest BCUT2D eigenvalue weighted by Gasteiger charge is 2.45. The molecule has 1 aliphatic rings. The molecule has 1 saturated carbocycles. The molecule has 0 amide bonds. The van der Waals surface area contributed by atoms with Crippen molar-refractivity contribution in [2.75, 3.05) is 0 Å². The van der Waals surface area contributed by atoms with Crippen molar-refractivity contribution in [3.05, 3.63) is 70.8 Å². The number of nitrogens with zero attached hydrogens (tertiary/aromatic N) is 2. The molecule has 2 atom stereocenters. The maximum absolute atomic E-state index is 13.0. The first-order chi connectivity index (χ1) is 12.6. The van der Waals surface area contributed by atoms with Gasteiger partial charge in [0.05, 0.1) is 5.92 Å². The van der Waals surface area contributed by atoms with Crippen molar-refractivity contribution >= 4 is 17.6 Å². The summed E-state index contributed by atoms with van der Waals surface area (Å²) in [7, 11) is 0. The number of carbonyl (C=O) groups is 1. The summed E-state index contributed by atoms with van der Waals surface area (Å²) >= 11 is 5.85. The lowest BCUT2D eigenvalue weighted by molar-refractivity contribution is -0.147. The Labute approximate surface area is 153 Å². The predicted molar refractivity (Wildman–Crippen MR) is 91.8 cm³/mol. The summed E-state index contributed by atoms with van der Waals surface area (Å²) in [5.74, 6) is -0.174. The maximum atomic E-state index is 13.0. The van der Waals surface area contributed by atoms with Gasteiger partial charge in [-0.15, -0.1) is 10.2 Å². The fourth-order valence-corrected chi connectivity index (χ4v) is 2.92. The summed E-state index contributed by atoms with van der Waals surface area (Å²) in [6.07, 6.45) is 0.699. The van der Waals surface area contributed by atoms with Crippen LogP contribution in [0, 0.1) is 11.7 Å². The van der Waals surface area contributed by atoms with Crippen molar-refractivity contribution in [1.82, 2.24) is 10.2 Å². The molecule has 7 heteroatoms. The van der Waals surface area contributed by atoms with Crippen molar-refractivity contribution < 1.29 is 18.3 Å². The first-order valence-corrected chi connectivity index (χ1v) is 8.48. The highest BCUT2D eigenvalue weighted by atomic mass is 35.5. The first-order valence-electron chi connectivity index (χ1n) is 8.10. The number of ether oxygens (including phenoxy) is 1. The molecule has 0 bridgehead atoms. The van der Waals surface area contributed by atoms with E-state index in [1.807, 2.05) is 0 Å². The third-order valence-corrected chi connectivity index (χ3v) is 4.54. The minimum Gasteiger partial charge on any atom is -0.455 e. The van der Waals surface area contributed by atoms with E-state index in [2.05, 4.69) is 10.2 Å². The van der Waals surface area contributed by atoms with Gasteiger partial charge in [0.2, 0.25) is 5.89 Å². The molecule has 1 aliphatic carbocycles. The summed E-state index contributed by atoms with van der Waals surface area (Å²) < 4.78 is 23.7. The Morgan fingerprint density at radius 2 is 1.88 bits per heavy atom. The second kappa shape index (κ2) is 6.88. The van der Waals surface area contributed by atoms with Gasteiger partial charge in [-0.25, -0.2) is 4.39 Å². The Morgan fingerprint density at radius 1 is 1.15 bits per heavy atom. The van der Waals surface area contributed by atoms with Gasteiger partial charge in [-0.3, -0.25) is 4.79 Å². The Hall–Kier alpha value is -2.73. The molecular formula is C19H14ClFN2O3. The molecule has 0 saturated heterocycles. The zero-order chi connectivity index (χ0) is 18.1. The largest absolute Gasteiger partial charge is 0.455 e. The van der Waals surface area contributed by atoms with Crippen LogP contribution in [0.2, 0.25) is 5.02 Å². The quantitative estimate of drug-likeness (QED) is 0.622. The molecule has 0 spiro atoms. The SMILES string of the molecule is O=C(OCc1nnc(-c2ccc(Cl)cc2)o1)C1CC1c1ccc(F)cc1. The van der Waals surface area contributed by atoms with Crippen LogP contribution in [0.5, 0.6) is 0 Å². The molecule has 2 aromatic carbocycles. The van der Waals surface area contributed by atoms with Gasteiger partial charge in [-0.1, -0.05) is 23.7 Å². The lowest BCUT2D eigenvalue weighted by Crippen LogP contribution is -2.08. The molecule has 0 N–H and O–H groups in total. The average Bonchev–Trinajstić information content (AvgIpc) is 3.31. The predicted octanol–water partition coefficient (Wildman–Crippen LogP) is 4.38. The average molecular weight is 373 g/mol. The maximum Gasteiger partial charge on any atom is 0.310 e. The molecule has 1 aromatic heterocycles. The molecule has 2 unspecified atom stereocenters. The van der Waals surface area contributed by atoms with Crippen LogP contribution < -0.4 is 0 Å². The molecule has 3 aromatic rings. The van der Waals surface area contributed by atoms with Gasteiger partial charge < -0.3 is 9.15 Å². The van der Waals surface area contributed by atoms with Gasteiger partial charge in [0.15, 0.2) is 6.61 Å². The number of carbonyl (C=O) groups excluding carboxylic acids is 1. The van der Waals surface area contributed by atoms with Gasteiger partial charge in [0.25, 0.3) is 5.89 Å². The van der Waals surface area contributed by atoms with Crippen molar-refractivity contribution in [2.45, 2.75) is 18.9 Å². The zero-order valence-corrected chi connectivity index (χ0v) is 14.3. The molecule has 0 radical (unpaired) electrons. The Balaban J connectivity index is 1.33. The number of hydrogen-bond acceptors (Lipinski definition) is 5. The minimum absolute atomic E-state index is 0.0773. The third-order valence-electron chi connectivity index (χ3n) is 4.29. The molecule has 26 heavy (non-hydrogen) atoms. The summed E-state index contributed by atoms with van der Waals surface area (Å²) in [5, 5.41) is 8.44. The molecule has 4 rings (SSSR count). The molecule has 1 fully saturated rings. The summed E-state index contributed by atoms with van der Waals surface area (Å²) in [5.41, 5.74) is 1.68. The molecular weight excluding hydrogens is 359 g/mol. The van der Waals surface area contributed by atoms with Crippen LogP contribution in [0.4, 0.5) is 4.39 Å². The van der Waals surface area contributed by atoms with Crippen LogP contribution in [-0.4, -0.2) is 16.2 Å². The van der Waals surface area contributed by atoms with Crippen molar-refractivity contribution in [1.29, 1.82) is 0 Å². The van der Waals surface area contributed by atoms with E-state index in [4.69, 9.17) is 20.8 Å². The van der Waals surface area contributed by atoms with Crippen LogP contribution in [-0.2, 0) is 16.1 Å². The number of benzene rings is 2. The second-order valence-corrected chi connectivity index (χ2v) is 6.55. The number of rotatable bonds is 5. The van der Waals surface area contributed by atoms with Gasteiger partial charge in [-0.05, 0) is 54.3 Å². The smallest absolute Gasteiger partial charge is 0.310 e. The summed E-state index contributed by atoms with van der Waals surface area (Å²) in [6.45, 7) is -0.0773. The van der Waals surface area contributed by atoms with E-state index in [1.54, 1.807) is 36.4 Å². The lowest BCUT2D eigenvalue weighted by Gasteiger charge is -2.02. The third kappa shape index (κ3) is 3.60. The minimum atomic E-state index is -0.314. The van der Waals surface area contributed by atoms with Crippen LogP contribution in [0.3, 0.4) is 0 Å². The Morgan fingerprint density at radius 3 is 2.62 bits per heavy atom. The van der Waals surface area contributed by atoms with Crippen molar-refractivity contribution in [3.8, 4) is 11.5 Å². The van der Waals surface area contributed by atoms with E-state index in [0.29, 0.717) is 17.3 Å². The molecule has 0 aliphatic heterocycles. The highest BCUT2D eigenvalue weighted by Crippen LogP contribution is 2.48. The molecule has 132 valence electrons. The van der Waals surface area contributed by atoms with Crippen LogP contribution >= 0.6 is 11.6 Å². The number of hydrogen-bond donors (Lipinski definition) is 0. The van der Waals surface area contributed by atoms with E-state index < -0.39 is 0 Å². The van der Waals surface area contributed by atoms with E-state index in [-0.39, 0.29) is 36.1 Å². The zero-order valence-electron chi connectivity index (χ0n) is 13.6. The van der Waals surface area contributed by atoms with E-state index in [9.17, 15) is 9.18 Å². The summed E-state index contributed by atoms with van der Waals surface area (Å²) in [4.78, 5) is 12.1.